The summed E-state index contributed by atoms with van der Waals surface area (Å²) in [6.45, 7) is 5.15. The number of aliphatic carboxylic acids is 1. The summed E-state index contributed by atoms with van der Waals surface area (Å²) in [5.74, 6) is -1.56. The van der Waals surface area contributed by atoms with Crippen LogP contribution in [-0.4, -0.2) is 28.8 Å². The Hall–Kier alpha value is -1.82. The zero-order valence-electron chi connectivity index (χ0n) is 13.4. The van der Waals surface area contributed by atoms with Gasteiger partial charge in [0.2, 0.25) is 0 Å². The number of hydrogen-bond acceptors (Lipinski definition) is 3. The van der Waals surface area contributed by atoms with E-state index in [4.69, 9.17) is 21.4 Å². The molecule has 0 spiro atoms. The number of halogens is 2. The number of nitrogens with one attached hydrogen (secondary N) is 1. The lowest BCUT2D eigenvalue weighted by molar-refractivity contribution is -0.137. The maximum Gasteiger partial charge on any atom is 0.407 e. The Labute approximate surface area is 139 Å². The average molecular weight is 346 g/mol. The van der Waals surface area contributed by atoms with E-state index in [0.29, 0.717) is 5.56 Å². The summed E-state index contributed by atoms with van der Waals surface area (Å²) in [5.41, 5.74) is -0.369. The Balaban J connectivity index is 2.81. The van der Waals surface area contributed by atoms with Gasteiger partial charge in [0.1, 0.15) is 11.4 Å². The van der Waals surface area contributed by atoms with Crippen molar-refractivity contribution in [2.75, 3.05) is 0 Å². The van der Waals surface area contributed by atoms with Gasteiger partial charge in [0.25, 0.3) is 0 Å². The summed E-state index contributed by atoms with van der Waals surface area (Å²) in [6, 6.07) is 4.00. The van der Waals surface area contributed by atoms with Crippen molar-refractivity contribution in [3.8, 4) is 0 Å². The second kappa shape index (κ2) is 8.15. The summed E-state index contributed by atoms with van der Waals surface area (Å²) in [5, 5.41) is 11.4. The van der Waals surface area contributed by atoms with Gasteiger partial charge >= 0.3 is 12.1 Å². The molecule has 0 aliphatic rings. The van der Waals surface area contributed by atoms with Gasteiger partial charge in [-0.1, -0.05) is 23.7 Å². The largest absolute Gasteiger partial charge is 0.481 e. The molecule has 2 N–H and O–H groups in total. The van der Waals surface area contributed by atoms with Crippen molar-refractivity contribution in [3.63, 3.8) is 0 Å². The Morgan fingerprint density at radius 3 is 2.61 bits per heavy atom. The quantitative estimate of drug-likeness (QED) is 0.822. The number of carboxylic acid groups (broad SMARTS) is 1. The highest BCUT2D eigenvalue weighted by Crippen LogP contribution is 2.20. The first kappa shape index (κ1) is 19.2. The topological polar surface area (TPSA) is 75.6 Å². The molecule has 1 rings (SSSR count). The molecule has 1 aromatic rings. The Morgan fingerprint density at radius 1 is 1.39 bits per heavy atom. The van der Waals surface area contributed by atoms with Crippen LogP contribution in [-0.2, 0) is 16.0 Å². The number of alkyl carbamates (subject to hydrolysis) is 1. The minimum atomic E-state index is -0.993. The van der Waals surface area contributed by atoms with Crippen LogP contribution >= 0.6 is 11.6 Å². The van der Waals surface area contributed by atoms with E-state index in [2.05, 4.69) is 5.32 Å². The molecule has 1 unspecified atom stereocenters. The third-order valence-electron chi connectivity index (χ3n) is 2.93. The normalized spacial score (nSPS) is 12.6. The Bertz CT molecular complexity index is 572. The lowest BCUT2D eigenvalue weighted by Gasteiger charge is -2.23. The SMILES string of the molecule is CC(C)(C)OC(=O)NC(CCC(=O)O)Cc1cccc(Cl)c1F. The zero-order valence-corrected chi connectivity index (χ0v) is 14.1. The fourth-order valence-electron chi connectivity index (χ4n) is 1.97. The number of benzene rings is 1. The number of carbonyl (C=O) groups excluding carboxylic acids is 1. The number of amides is 1. The molecule has 5 nitrogen and oxygen atoms in total. The van der Waals surface area contributed by atoms with Crippen molar-refractivity contribution in [2.45, 2.75) is 51.7 Å². The van der Waals surface area contributed by atoms with Crippen LogP contribution in [0.1, 0.15) is 39.2 Å². The molecule has 1 aromatic carbocycles. The van der Waals surface area contributed by atoms with Crippen molar-refractivity contribution in [2.24, 2.45) is 0 Å². The van der Waals surface area contributed by atoms with E-state index in [-0.39, 0.29) is 24.3 Å². The number of rotatable bonds is 6. The third kappa shape index (κ3) is 7.32. The van der Waals surface area contributed by atoms with Crippen LogP contribution in [0.4, 0.5) is 9.18 Å². The first-order chi connectivity index (χ1) is 10.6. The van der Waals surface area contributed by atoms with E-state index < -0.39 is 29.5 Å². The van der Waals surface area contributed by atoms with Crippen molar-refractivity contribution < 1.29 is 23.8 Å². The smallest absolute Gasteiger partial charge is 0.407 e. The van der Waals surface area contributed by atoms with Crippen LogP contribution in [0.25, 0.3) is 0 Å². The summed E-state index contributed by atoms with van der Waals surface area (Å²) >= 11 is 5.74. The molecule has 128 valence electrons. The van der Waals surface area contributed by atoms with Gasteiger partial charge in [-0.3, -0.25) is 4.79 Å². The molecule has 0 aliphatic carbocycles. The third-order valence-corrected chi connectivity index (χ3v) is 3.22. The van der Waals surface area contributed by atoms with Crippen LogP contribution in [0.5, 0.6) is 0 Å². The predicted octanol–water partition coefficient (Wildman–Crippen LogP) is 3.78. The van der Waals surface area contributed by atoms with Gasteiger partial charge in [0.05, 0.1) is 5.02 Å². The van der Waals surface area contributed by atoms with Gasteiger partial charge in [0, 0.05) is 12.5 Å². The molecule has 0 aliphatic heterocycles. The van der Waals surface area contributed by atoms with E-state index in [1.807, 2.05) is 0 Å². The predicted molar refractivity (Wildman–Crippen MR) is 85.1 cm³/mol. The van der Waals surface area contributed by atoms with Gasteiger partial charge in [-0.15, -0.1) is 0 Å². The van der Waals surface area contributed by atoms with Gasteiger partial charge in [-0.05, 0) is 45.2 Å². The highest BCUT2D eigenvalue weighted by Gasteiger charge is 2.21. The van der Waals surface area contributed by atoms with Gasteiger partial charge < -0.3 is 15.2 Å². The fraction of sp³-hybridized carbons (Fsp3) is 0.500. The highest BCUT2D eigenvalue weighted by molar-refractivity contribution is 6.30. The monoisotopic (exact) mass is 345 g/mol. The van der Waals surface area contributed by atoms with E-state index in [9.17, 15) is 14.0 Å². The Kier molecular flexibility index (Phi) is 6.81. The summed E-state index contributed by atoms with van der Waals surface area (Å²) in [7, 11) is 0. The molecule has 7 heteroatoms. The number of carboxylic acids is 1. The molecule has 0 heterocycles. The van der Waals surface area contributed by atoms with Gasteiger partial charge in [0.15, 0.2) is 0 Å². The summed E-state index contributed by atoms with van der Waals surface area (Å²) < 4.78 is 19.1. The van der Waals surface area contributed by atoms with E-state index in [1.54, 1.807) is 32.9 Å². The molecule has 0 saturated heterocycles. The fourth-order valence-corrected chi connectivity index (χ4v) is 2.16. The minimum Gasteiger partial charge on any atom is -0.481 e. The molecule has 23 heavy (non-hydrogen) atoms. The van der Waals surface area contributed by atoms with Crippen LogP contribution < -0.4 is 5.32 Å². The lowest BCUT2D eigenvalue weighted by Crippen LogP contribution is -2.40. The molecule has 1 atom stereocenters. The van der Waals surface area contributed by atoms with Gasteiger partial charge in [-0.25, -0.2) is 9.18 Å². The number of carbonyl (C=O) groups is 2. The minimum absolute atomic E-state index is 0.0169. The molecule has 0 fully saturated rings. The maximum atomic E-state index is 14.0. The first-order valence-corrected chi connectivity index (χ1v) is 7.60. The van der Waals surface area contributed by atoms with Crippen molar-refractivity contribution in [1.29, 1.82) is 0 Å². The zero-order chi connectivity index (χ0) is 17.6. The van der Waals surface area contributed by atoms with E-state index in [0.717, 1.165) is 0 Å². The molecule has 1 amide bonds. The molecule has 0 aromatic heterocycles. The molecule has 0 radical (unpaired) electrons. The first-order valence-electron chi connectivity index (χ1n) is 7.22. The van der Waals surface area contributed by atoms with Crippen molar-refractivity contribution >= 4 is 23.7 Å². The van der Waals surface area contributed by atoms with Crippen LogP contribution in [0, 0.1) is 5.82 Å². The lowest BCUT2D eigenvalue weighted by atomic mass is 10.0. The molecule has 0 saturated carbocycles. The van der Waals surface area contributed by atoms with Crippen LogP contribution in [0.3, 0.4) is 0 Å². The number of hydrogen-bond donors (Lipinski definition) is 2. The molecule has 0 bridgehead atoms. The van der Waals surface area contributed by atoms with E-state index >= 15 is 0 Å². The van der Waals surface area contributed by atoms with E-state index in [1.165, 1.54) is 6.07 Å². The highest BCUT2D eigenvalue weighted by atomic mass is 35.5. The van der Waals surface area contributed by atoms with Gasteiger partial charge in [-0.2, -0.15) is 0 Å². The second-order valence-corrected chi connectivity index (χ2v) is 6.60. The second-order valence-electron chi connectivity index (χ2n) is 6.19. The molecular formula is C16H21ClFNO4. The van der Waals surface area contributed by atoms with Crippen LogP contribution in [0.2, 0.25) is 5.02 Å². The average Bonchev–Trinajstić information content (AvgIpc) is 2.39. The standard InChI is InChI=1S/C16H21ClFNO4/c1-16(2,3)23-15(22)19-11(7-8-13(20)21)9-10-5-4-6-12(17)14(10)18/h4-6,11H,7-9H2,1-3H3,(H,19,22)(H,20,21). The van der Waals surface area contributed by atoms with Crippen LogP contribution in [0.15, 0.2) is 18.2 Å². The number of ether oxygens (including phenoxy) is 1. The molecular weight excluding hydrogens is 325 g/mol. The van der Waals surface area contributed by atoms with Crippen molar-refractivity contribution in [1.82, 2.24) is 5.32 Å². The van der Waals surface area contributed by atoms with Crippen molar-refractivity contribution in [3.05, 3.63) is 34.6 Å². The summed E-state index contributed by atoms with van der Waals surface area (Å²) in [4.78, 5) is 22.6. The summed E-state index contributed by atoms with van der Waals surface area (Å²) in [6.07, 6.45) is -0.544. The Morgan fingerprint density at radius 2 is 2.04 bits per heavy atom. The maximum absolute atomic E-state index is 14.0.